The van der Waals surface area contributed by atoms with E-state index in [2.05, 4.69) is 28.8 Å². The summed E-state index contributed by atoms with van der Waals surface area (Å²) in [5.74, 6) is -0.592. The number of nitrogens with one attached hydrogen (secondary N) is 1. The number of benzene rings is 2. The van der Waals surface area contributed by atoms with Crippen molar-refractivity contribution in [2.45, 2.75) is 45.8 Å². The topological polar surface area (TPSA) is 50.8 Å². The molecule has 29 heavy (non-hydrogen) atoms. The number of nitrogens with zero attached hydrogens (tertiary/aromatic N) is 1. The van der Waals surface area contributed by atoms with E-state index < -0.39 is 12.5 Å². The molecule has 1 heterocycles. The zero-order chi connectivity index (χ0) is 20.8. The van der Waals surface area contributed by atoms with E-state index in [0.717, 1.165) is 25.2 Å². The molecule has 2 unspecified atom stereocenters. The molecule has 1 aliphatic rings. The van der Waals surface area contributed by atoms with E-state index >= 15 is 0 Å². The molecule has 0 spiro atoms. The van der Waals surface area contributed by atoms with Gasteiger partial charge in [0.25, 0.3) is 5.91 Å². The summed E-state index contributed by atoms with van der Waals surface area (Å²) in [4.78, 5) is 14.7. The van der Waals surface area contributed by atoms with Crippen LogP contribution in [-0.2, 0) is 17.8 Å². The molecular weight excluding hydrogens is 378 g/mol. The van der Waals surface area contributed by atoms with E-state index in [4.69, 9.17) is 4.74 Å². The predicted octanol–water partition coefficient (Wildman–Crippen LogP) is 3.83. The van der Waals surface area contributed by atoms with Crippen molar-refractivity contribution in [3.63, 3.8) is 0 Å². The lowest BCUT2D eigenvalue weighted by atomic mass is 10.1. The average Bonchev–Trinajstić information content (AvgIpc) is 2.66. The molecule has 1 amide bonds. The Balaban J connectivity index is 1.55. The molecule has 1 aliphatic heterocycles. The number of alkyl halides is 2. The average molecular weight is 404 g/mol. The summed E-state index contributed by atoms with van der Waals surface area (Å²) in [6.07, 6.45) is 0.454. The monoisotopic (exact) mass is 404 g/mol. The molecule has 156 valence electrons. The molecule has 0 saturated carbocycles. The largest absolute Gasteiger partial charge is 0.434 e. The van der Waals surface area contributed by atoms with Gasteiger partial charge in [-0.15, -0.1) is 0 Å². The van der Waals surface area contributed by atoms with Gasteiger partial charge in [0.05, 0.1) is 17.8 Å². The number of amides is 1. The summed E-state index contributed by atoms with van der Waals surface area (Å²) in [6, 6.07) is 14.0. The molecular formula is C22H26F2N2O3. The standard InChI is InChI=1S/C22H26F2N2O3/c1-15-12-26(13-16(2)28-15)14-18-9-7-17(8-10-18)11-25-21(27)19-5-3-4-6-20(19)29-22(23)24/h3-10,15-16,22H,11-14H2,1-2H3,(H,25,27). The molecule has 1 saturated heterocycles. The minimum absolute atomic E-state index is 0.0833. The maximum Gasteiger partial charge on any atom is 0.387 e. The number of morpholine rings is 1. The fraction of sp³-hybridized carbons (Fsp3) is 0.409. The van der Waals surface area contributed by atoms with Crippen LogP contribution in [0.3, 0.4) is 0 Å². The number of halogens is 2. The molecule has 7 heteroatoms. The second kappa shape index (κ2) is 9.80. The van der Waals surface area contributed by atoms with Crippen LogP contribution >= 0.6 is 0 Å². The van der Waals surface area contributed by atoms with Gasteiger partial charge in [0.2, 0.25) is 0 Å². The van der Waals surface area contributed by atoms with Gasteiger partial charge in [0, 0.05) is 26.2 Å². The highest BCUT2D eigenvalue weighted by atomic mass is 19.3. The first-order chi connectivity index (χ1) is 13.9. The van der Waals surface area contributed by atoms with Crippen molar-refractivity contribution in [3.05, 3.63) is 65.2 Å². The van der Waals surface area contributed by atoms with E-state index in [-0.39, 0.29) is 23.5 Å². The summed E-state index contributed by atoms with van der Waals surface area (Å²) >= 11 is 0. The van der Waals surface area contributed by atoms with Crippen LogP contribution in [0.4, 0.5) is 8.78 Å². The van der Waals surface area contributed by atoms with Gasteiger partial charge in [-0.05, 0) is 37.1 Å². The van der Waals surface area contributed by atoms with Crippen molar-refractivity contribution in [2.75, 3.05) is 13.1 Å². The molecule has 2 atom stereocenters. The molecule has 1 N–H and O–H groups in total. The molecule has 0 aromatic heterocycles. The Morgan fingerprint density at radius 2 is 1.72 bits per heavy atom. The van der Waals surface area contributed by atoms with E-state index in [1.807, 2.05) is 24.3 Å². The highest BCUT2D eigenvalue weighted by molar-refractivity contribution is 5.96. The lowest BCUT2D eigenvalue weighted by Crippen LogP contribution is -2.44. The Kier molecular flexibility index (Phi) is 7.17. The summed E-state index contributed by atoms with van der Waals surface area (Å²) in [6.45, 7) is 4.15. The third-order valence-electron chi connectivity index (χ3n) is 4.73. The zero-order valence-corrected chi connectivity index (χ0v) is 16.6. The Morgan fingerprint density at radius 1 is 1.10 bits per heavy atom. The minimum Gasteiger partial charge on any atom is -0.434 e. The van der Waals surface area contributed by atoms with Gasteiger partial charge < -0.3 is 14.8 Å². The van der Waals surface area contributed by atoms with Crippen LogP contribution < -0.4 is 10.1 Å². The second-order valence-electron chi connectivity index (χ2n) is 7.33. The normalized spacial score (nSPS) is 19.9. The predicted molar refractivity (Wildman–Crippen MR) is 106 cm³/mol. The van der Waals surface area contributed by atoms with Crippen LogP contribution in [-0.4, -0.2) is 42.7 Å². The molecule has 3 rings (SSSR count). The van der Waals surface area contributed by atoms with Crippen LogP contribution in [0.15, 0.2) is 48.5 Å². The molecule has 0 radical (unpaired) electrons. The summed E-state index contributed by atoms with van der Waals surface area (Å²) in [5.41, 5.74) is 2.20. The third kappa shape index (κ3) is 6.24. The Hall–Kier alpha value is -2.51. The molecule has 1 fully saturated rings. The number of carbonyl (C=O) groups excluding carboxylic acids is 1. The number of ether oxygens (including phenoxy) is 2. The van der Waals surface area contributed by atoms with Gasteiger partial charge in [0.15, 0.2) is 0 Å². The van der Waals surface area contributed by atoms with Crippen molar-refractivity contribution in [1.82, 2.24) is 10.2 Å². The Labute approximate surface area is 169 Å². The van der Waals surface area contributed by atoms with Gasteiger partial charge in [0.1, 0.15) is 5.75 Å². The maximum absolute atomic E-state index is 12.5. The summed E-state index contributed by atoms with van der Waals surface area (Å²) < 4.78 is 35.2. The van der Waals surface area contributed by atoms with E-state index in [9.17, 15) is 13.6 Å². The van der Waals surface area contributed by atoms with Crippen molar-refractivity contribution >= 4 is 5.91 Å². The van der Waals surface area contributed by atoms with Gasteiger partial charge in [-0.25, -0.2) is 0 Å². The third-order valence-corrected chi connectivity index (χ3v) is 4.73. The van der Waals surface area contributed by atoms with Crippen molar-refractivity contribution in [3.8, 4) is 5.75 Å². The first-order valence-corrected chi connectivity index (χ1v) is 9.68. The SMILES string of the molecule is CC1CN(Cc2ccc(CNC(=O)c3ccccc3OC(F)F)cc2)CC(C)O1. The Morgan fingerprint density at radius 3 is 2.38 bits per heavy atom. The van der Waals surface area contributed by atoms with Crippen molar-refractivity contribution in [1.29, 1.82) is 0 Å². The first kappa shape index (κ1) is 21.2. The van der Waals surface area contributed by atoms with Gasteiger partial charge in [-0.1, -0.05) is 36.4 Å². The lowest BCUT2D eigenvalue weighted by Gasteiger charge is -2.35. The number of para-hydroxylation sites is 1. The summed E-state index contributed by atoms with van der Waals surface area (Å²) in [7, 11) is 0. The number of hydrogen-bond donors (Lipinski definition) is 1. The smallest absolute Gasteiger partial charge is 0.387 e. The highest BCUT2D eigenvalue weighted by Crippen LogP contribution is 2.20. The van der Waals surface area contributed by atoms with Crippen molar-refractivity contribution in [2.24, 2.45) is 0 Å². The van der Waals surface area contributed by atoms with E-state index in [0.29, 0.717) is 6.54 Å². The van der Waals surface area contributed by atoms with Gasteiger partial charge in [-0.2, -0.15) is 8.78 Å². The number of carbonyl (C=O) groups is 1. The fourth-order valence-corrected chi connectivity index (χ4v) is 3.56. The van der Waals surface area contributed by atoms with Crippen LogP contribution in [0.2, 0.25) is 0 Å². The molecule has 0 aliphatic carbocycles. The van der Waals surface area contributed by atoms with E-state index in [1.54, 1.807) is 12.1 Å². The molecule has 2 aromatic carbocycles. The maximum atomic E-state index is 12.5. The summed E-state index contributed by atoms with van der Waals surface area (Å²) in [5, 5.41) is 2.75. The van der Waals surface area contributed by atoms with Crippen molar-refractivity contribution < 1.29 is 23.0 Å². The second-order valence-corrected chi connectivity index (χ2v) is 7.33. The van der Waals surface area contributed by atoms with Crippen LogP contribution in [0.25, 0.3) is 0 Å². The molecule has 5 nitrogen and oxygen atoms in total. The highest BCUT2D eigenvalue weighted by Gasteiger charge is 2.22. The first-order valence-electron chi connectivity index (χ1n) is 9.68. The van der Waals surface area contributed by atoms with Crippen LogP contribution in [0.1, 0.15) is 35.3 Å². The minimum atomic E-state index is -2.98. The quantitative estimate of drug-likeness (QED) is 0.762. The fourth-order valence-electron chi connectivity index (χ4n) is 3.56. The molecule has 0 bridgehead atoms. The Bertz CT molecular complexity index is 804. The van der Waals surface area contributed by atoms with Crippen LogP contribution in [0.5, 0.6) is 5.75 Å². The number of hydrogen-bond acceptors (Lipinski definition) is 4. The van der Waals surface area contributed by atoms with Gasteiger partial charge >= 0.3 is 6.61 Å². The molecule has 2 aromatic rings. The zero-order valence-electron chi connectivity index (χ0n) is 16.6. The number of rotatable bonds is 7. The van der Waals surface area contributed by atoms with Gasteiger partial charge in [-0.3, -0.25) is 9.69 Å². The van der Waals surface area contributed by atoms with E-state index in [1.165, 1.54) is 17.7 Å². The lowest BCUT2D eigenvalue weighted by molar-refractivity contribution is -0.0705. The van der Waals surface area contributed by atoms with Crippen LogP contribution in [0, 0.1) is 0 Å².